The minimum absolute atomic E-state index is 0.630. The highest BCUT2D eigenvalue weighted by atomic mass is 15.1. The largest absolute Gasteiger partial charge is 0.307 e. The van der Waals surface area contributed by atoms with E-state index in [0.717, 1.165) is 133 Å². The van der Waals surface area contributed by atoms with Crippen molar-refractivity contribution in [1.29, 1.82) is 0 Å². The fourth-order valence-electron chi connectivity index (χ4n) is 11.6. The molecule has 6 heterocycles. The lowest BCUT2D eigenvalue weighted by Gasteiger charge is -2.23. The first-order valence-electron chi connectivity index (χ1n) is 25.3. The quantitative estimate of drug-likeness (QED) is 0.152. The Hall–Kier alpha value is -10.2. The van der Waals surface area contributed by atoms with Crippen molar-refractivity contribution in [3.63, 3.8) is 0 Å². The smallest absolute Gasteiger partial charge is 0.161 e. The summed E-state index contributed by atoms with van der Waals surface area (Å²) in [7, 11) is 0. The van der Waals surface area contributed by atoms with Crippen molar-refractivity contribution in [3.8, 4) is 73.2 Å². The molecule has 0 aliphatic heterocycles. The van der Waals surface area contributed by atoms with Crippen molar-refractivity contribution in [1.82, 2.24) is 33.6 Å². The number of pyridine rings is 2. The molecular weight excluding hydrogens is 915 g/mol. The average molecular weight is 958 g/mol. The van der Waals surface area contributed by atoms with E-state index in [1.165, 1.54) is 0 Å². The normalized spacial score (nSPS) is 11.7. The Morgan fingerprint density at radius 2 is 0.640 bits per heavy atom. The number of nitrogens with zero attached hydrogens (tertiary/aromatic N) is 7. The number of hydrogen-bond acceptors (Lipinski definition) is 4. The second-order valence-corrected chi connectivity index (χ2v) is 19.0. The molecule has 0 atom stereocenters. The van der Waals surface area contributed by atoms with E-state index in [-0.39, 0.29) is 0 Å². The molecule has 0 amide bonds. The van der Waals surface area contributed by atoms with Gasteiger partial charge in [0.1, 0.15) is 11.0 Å². The van der Waals surface area contributed by atoms with Gasteiger partial charge in [-0.05, 0) is 89.0 Å². The van der Waals surface area contributed by atoms with Crippen LogP contribution in [-0.4, -0.2) is 33.6 Å². The summed E-state index contributed by atoms with van der Waals surface area (Å²) < 4.78 is 7.28. The average Bonchev–Trinajstić information content (AvgIpc) is 4.19. The monoisotopic (exact) mass is 957 g/mol. The molecule has 0 aliphatic carbocycles. The molecule has 0 fully saturated rings. The zero-order chi connectivity index (χ0) is 49.4. The van der Waals surface area contributed by atoms with Crippen LogP contribution in [0.15, 0.2) is 261 Å². The third-order valence-corrected chi connectivity index (χ3v) is 14.8. The molecule has 0 aliphatic rings. The van der Waals surface area contributed by atoms with E-state index in [0.29, 0.717) is 5.82 Å². The van der Waals surface area contributed by atoms with Gasteiger partial charge in [-0.3, -0.25) is 9.97 Å². The fraction of sp³-hybridized carbons (Fsp3) is 0. The maximum Gasteiger partial charge on any atom is 0.161 e. The van der Waals surface area contributed by atoms with Gasteiger partial charge in [0.25, 0.3) is 0 Å². The molecule has 6 aromatic heterocycles. The summed E-state index contributed by atoms with van der Waals surface area (Å²) in [6.07, 6.45) is 3.73. The number of benzene rings is 9. The third-order valence-electron chi connectivity index (χ3n) is 14.8. The Bertz CT molecular complexity index is 4320. The van der Waals surface area contributed by atoms with Gasteiger partial charge >= 0.3 is 0 Å². The summed E-state index contributed by atoms with van der Waals surface area (Å²) >= 11 is 0. The summed E-state index contributed by atoms with van der Waals surface area (Å²) in [5.74, 6) is 0.630. The van der Waals surface area contributed by atoms with Crippen LogP contribution in [0, 0.1) is 0 Å². The Morgan fingerprint density at radius 1 is 0.267 bits per heavy atom. The number of hydrogen-bond donors (Lipinski definition) is 0. The zero-order valence-corrected chi connectivity index (χ0v) is 40.5. The minimum Gasteiger partial charge on any atom is -0.307 e. The van der Waals surface area contributed by atoms with E-state index in [9.17, 15) is 0 Å². The van der Waals surface area contributed by atoms with Gasteiger partial charge in [-0.2, -0.15) is 0 Å². The van der Waals surface area contributed by atoms with Crippen LogP contribution < -0.4 is 0 Å². The SMILES string of the molecule is c1ccc(-c2ccccc2-c2cc(-c3cc(-n4c5ccccc5c5ccccc54)c(-n4c5cccnc5c5ncccc54)c(-n4c5ccccc5c5ccccc54)c3)nc(-c3ccccc3-c3ccccc3)n2)cc1. The van der Waals surface area contributed by atoms with Crippen LogP contribution in [0.25, 0.3) is 139 Å². The third kappa shape index (κ3) is 6.75. The van der Waals surface area contributed by atoms with Crippen molar-refractivity contribution >= 4 is 65.7 Å². The maximum atomic E-state index is 5.72. The van der Waals surface area contributed by atoms with Crippen LogP contribution in [0.5, 0.6) is 0 Å². The highest BCUT2D eigenvalue weighted by Crippen LogP contribution is 2.45. The zero-order valence-electron chi connectivity index (χ0n) is 40.5. The molecule has 9 aromatic carbocycles. The number of fused-ring (bicyclic) bond motifs is 9. The predicted octanol–water partition coefficient (Wildman–Crippen LogP) is 16.9. The van der Waals surface area contributed by atoms with E-state index in [4.69, 9.17) is 19.9 Å². The Balaban J connectivity index is 1.14. The second-order valence-electron chi connectivity index (χ2n) is 19.0. The van der Waals surface area contributed by atoms with Crippen molar-refractivity contribution in [2.45, 2.75) is 0 Å². The summed E-state index contributed by atoms with van der Waals surface area (Å²) in [5, 5.41) is 4.65. The predicted molar refractivity (Wildman–Crippen MR) is 308 cm³/mol. The molecule has 7 nitrogen and oxygen atoms in total. The molecular formula is C68H43N7. The van der Waals surface area contributed by atoms with E-state index < -0.39 is 0 Å². The van der Waals surface area contributed by atoms with Gasteiger partial charge in [-0.15, -0.1) is 0 Å². The van der Waals surface area contributed by atoms with Gasteiger partial charge < -0.3 is 13.7 Å². The van der Waals surface area contributed by atoms with Crippen LogP contribution in [0.3, 0.4) is 0 Å². The molecule has 0 spiro atoms. The van der Waals surface area contributed by atoms with E-state index in [1.807, 2.05) is 24.5 Å². The van der Waals surface area contributed by atoms with Gasteiger partial charge in [-0.1, -0.05) is 182 Å². The van der Waals surface area contributed by atoms with Crippen LogP contribution in [0.1, 0.15) is 0 Å². The summed E-state index contributed by atoms with van der Waals surface area (Å²) in [6.45, 7) is 0. The standard InChI is InChI=1S/C68H43N7/c1-3-21-44(22-4-1)47-25-7-9-27-49(47)56-43-55(71-68(72-56)54-32-10-8-26-48(54)45-23-5-2-6-24-45)46-41-63(73-57-33-15-11-28-50(57)51-29-12-16-34-58(51)73)67(75-61-37-19-39-69-65(61)66-62(75)38-20-40-70-66)64(42-46)74-59-35-17-13-30-52(59)53-31-14-18-36-60(53)74/h1-43H. The van der Waals surface area contributed by atoms with Gasteiger partial charge in [0.05, 0.1) is 61.6 Å². The number of rotatable bonds is 8. The molecule has 0 unspecified atom stereocenters. The van der Waals surface area contributed by atoms with Crippen LogP contribution in [0.4, 0.5) is 0 Å². The molecule has 7 heteroatoms. The van der Waals surface area contributed by atoms with Gasteiger partial charge in [-0.25, -0.2) is 9.97 Å². The molecule has 350 valence electrons. The summed E-state index contributed by atoms with van der Waals surface area (Å²) in [4.78, 5) is 21.3. The molecule has 0 saturated carbocycles. The first-order chi connectivity index (χ1) is 37.2. The summed E-state index contributed by atoms with van der Waals surface area (Å²) in [6, 6.07) is 88.4. The van der Waals surface area contributed by atoms with Crippen LogP contribution in [-0.2, 0) is 0 Å². The molecule has 75 heavy (non-hydrogen) atoms. The highest BCUT2D eigenvalue weighted by molar-refractivity contribution is 6.13. The van der Waals surface area contributed by atoms with Gasteiger partial charge in [0.2, 0.25) is 0 Å². The van der Waals surface area contributed by atoms with E-state index in [1.54, 1.807) is 0 Å². The summed E-state index contributed by atoms with van der Waals surface area (Å²) in [5.41, 5.74) is 19.6. The number of aromatic nitrogens is 7. The van der Waals surface area contributed by atoms with Crippen LogP contribution in [0.2, 0.25) is 0 Å². The van der Waals surface area contributed by atoms with Crippen molar-refractivity contribution in [2.24, 2.45) is 0 Å². The van der Waals surface area contributed by atoms with Gasteiger partial charge in [0.15, 0.2) is 5.82 Å². The van der Waals surface area contributed by atoms with Crippen molar-refractivity contribution in [3.05, 3.63) is 261 Å². The Morgan fingerprint density at radius 3 is 1.12 bits per heavy atom. The molecule has 15 aromatic rings. The molecule has 0 bridgehead atoms. The van der Waals surface area contributed by atoms with Crippen LogP contribution >= 0.6 is 0 Å². The molecule has 0 radical (unpaired) electrons. The van der Waals surface area contributed by atoms with Crippen molar-refractivity contribution < 1.29 is 0 Å². The second kappa shape index (κ2) is 17.2. The first-order valence-corrected chi connectivity index (χ1v) is 25.3. The Kier molecular flexibility index (Phi) is 9.75. The lowest BCUT2D eigenvalue weighted by molar-refractivity contribution is 1.05. The van der Waals surface area contributed by atoms with Crippen molar-refractivity contribution in [2.75, 3.05) is 0 Å². The highest BCUT2D eigenvalue weighted by Gasteiger charge is 2.28. The van der Waals surface area contributed by atoms with E-state index in [2.05, 4.69) is 250 Å². The minimum atomic E-state index is 0.630. The molecule has 0 N–H and O–H groups in total. The maximum absolute atomic E-state index is 5.72. The lowest BCUT2D eigenvalue weighted by Crippen LogP contribution is -2.10. The van der Waals surface area contributed by atoms with E-state index >= 15 is 0 Å². The first kappa shape index (κ1) is 42.4. The lowest BCUT2D eigenvalue weighted by atomic mass is 9.95. The van der Waals surface area contributed by atoms with Gasteiger partial charge in [0, 0.05) is 50.6 Å². The Labute approximate surface area is 431 Å². The topological polar surface area (TPSA) is 66.3 Å². The fourth-order valence-corrected chi connectivity index (χ4v) is 11.6. The number of para-hydroxylation sites is 4. The molecule has 15 rings (SSSR count). The molecule has 0 saturated heterocycles.